The summed E-state index contributed by atoms with van der Waals surface area (Å²) in [5.74, 6) is 6.36. The first-order chi connectivity index (χ1) is 8.61. The van der Waals surface area contributed by atoms with E-state index in [4.69, 9.17) is 17.4 Å². The zero-order valence-electron chi connectivity index (χ0n) is 9.56. The number of nitrogen functional groups attached to an aromatic ring is 1. The van der Waals surface area contributed by atoms with Gasteiger partial charge in [-0.2, -0.15) is 0 Å². The highest BCUT2D eigenvalue weighted by atomic mass is 35.5. The minimum Gasteiger partial charge on any atom is -0.335 e. The number of anilines is 1. The van der Waals surface area contributed by atoms with Crippen molar-refractivity contribution in [1.82, 2.24) is 9.88 Å². The van der Waals surface area contributed by atoms with Crippen molar-refractivity contribution in [3.05, 3.63) is 22.8 Å². The summed E-state index contributed by atoms with van der Waals surface area (Å²) in [5.41, 5.74) is 2.54. The lowest BCUT2D eigenvalue weighted by Gasteiger charge is -2.26. The molecule has 1 aliphatic rings. The molecular weight excluding hydrogens is 276 g/mol. The van der Waals surface area contributed by atoms with E-state index in [1.165, 1.54) is 0 Å². The van der Waals surface area contributed by atoms with Gasteiger partial charge in [0.2, 0.25) is 0 Å². The predicted octanol–water partition coefficient (Wildman–Crippen LogP) is 0.225. The van der Waals surface area contributed by atoms with E-state index in [-0.39, 0.29) is 16.6 Å². The van der Waals surface area contributed by atoms with Crippen LogP contribution in [0.15, 0.2) is 12.1 Å². The summed E-state index contributed by atoms with van der Waals surface area (Å²) in [6.45, 7) is 0.924. The summed E-state index contributed by atoms with van der Waals surface area (Å²) in [5, 5.41) is 0.283. The number of carbonyl (C=O) groups is 1. The number of nitrogens with one attached hydrogen (secondary N) is 1. The maximum Gasteiger partial charge on any atom is 0.274 e. The molecule has 3 N–H and O–H groups in total. The molecule has 1 aromatic heterocycles. The highest BCUT2D eigenvalue weighted by Gasteiger charge is 2.24. The van der Waals surface area contributed by atoms with Crippen LogP contribution in [0.4, 0.5) is 5.82 Å². The molecule has 1 amide bonds. The molecule has 0 aromatic carbocycles. The van der Waals surface area contributed by atoms with Crippen molar-refractivity contribution in [1.29, 1.82) is 0 Å². The van der Waals surface area contributed by atoms with Crippen molar-refractivity contribution in [2.24, 2.45) is 5.84 Å². The van der Waals surface area contributed by atoms with Crippen molar-refractivity contribution in [2.45, 2.75) is 0 Å². The third-order valence-electron chi connectivity index (χ3n) is 2.66. The number of hydrogen-bond donors (Lipinski definition) is 2. The van der Waals surface area contributed by atoms with Crippen molar-refractivity contribution in [3.63, 3.8) is 0 Å². The third kappa shape index (κ3) is 2.80. The van der Waals surface area contributed by atoms with Crippen molar-refractivity contribution in [2.75, 3.05) is 30.0 Å². The van der Waals surface area contributed by atoms with Crippen LogP contribution in [-0.2, 0) is 10.8 Å². The Kier molecular flexibility index (Phi) is 4.15. The first kappa shape index (κ1) is 13.3. The van der Waals surface area contributed by atoms with Gasteiger partial charge in [0.15, 0.2) is 0 Å². The van der Waals surface area contributed by atoms with Crippen LogP contribution >= 0.6 is 11.6 Å². The van der Waals surface area contributed by atoms with E-state index in [0.29, 0.717) is 30.4 Å². The van der Waals surface area contributed by atoms with Gasteiger partial charge in [0.05, 0.1) is 5.02 Å². The van der Waals surface area contributed by atoms with Crippen LogP contribution in [0.5, 0.6) is 0 Å². The lowest BCUT2D eigenvalue weighted by molar-refractivity contribution is 0.0766. The largest absolute Gasteiger partial charge is 0.335 e. The van der Waals surface area contributed by atoms with Crippen LogP contribution in [-0.4, -0.2) is 44.6 Å². The summed E-state index contributed by atoms with van der Waals surface area (Å²) >= 11 is 5.96. The number of aromatic nitrogens is 1. The van der Waals surface area contributed by atoms with Crippen LogP contribution in [0.2, 0.25) is 5.02 Å². The summed E-state index contributed by atoms with van der Waals surface area (Å²) in [7, 11) is -0.825. The first-order valence-corrected chi connectivity index (χ1v) is 7.26. The molecule has 18 heavy (non-hydrogen) atoms. The molecule has 1 fully saturated rings. The minimum atomic E-state index is -0.825. The predicted molar refractivity (Wildman–Crippen MR) is 70.8 cm³/mol. The lowest BCUT2D eigenvalue weighted by Crippen LogP contribution is -2.42. The van der Waals surface area contributed by atoms with E-state index in [9.17, 15) is 9.00 Å². The van der Waals surface area contributed by atoms with Crippen LogP contribution in [0.3, 0.4) is 0 Å². The maximum atomic E-state index is 12.2. The van der Waals surface area contributed by atoms with Gasteiger partial charge in [-0.05, 0) is 12.1 Å². The Morgan fingerprint density at radius 3 is 2.72 bits per heavy atom. The Hall–Kier alpha value is -1.18. The fourth-order valence-electron chi connectivity index (χ4n) is 1.66. The first-order valence-electron chi connectivity index (χ1n) is 5.39. The molecule has 0 saturated carbocycles. The molecule has 0 radical (unpaired) electrons. The average Bonchev–Trinajstić information content (AvgIpc) is 2.39. The van der Waals surface area contributed by atoms with Gasteiger partial charge in [-0.25, -0.2) is 10.8 Å². The summed E-state index contributed by atoms with van der Waals surface area (Å²) in [4.78, 5) is 17.9. The molecule has 1 saturated heterocycles. The molecular formula is C10H13ClN4O2S. The van der Waals surface area contributed by atoms with Crippen molar-refractivity contribution in [3.8, 4) is 0 Å². The van der Waals surface area contributed by atoms with Crippen LogP contribution < -0.4 is 11.3 Å². The van der Waals surface area contributed by atoms with Crippen LogP contribution in [0.1, 0.15) is 10.5 Å². The van der Waals surface area contributed by atoms with E-state index >= 15 is 0 Å². The molecule has 0 atom stereocenters. The SMILES string of the molecule is NNc1ccc(Cl)c(C(=O)N2CCS(=O)CC2)n1. The Morgan fingerprint density at radius 2 is 2.11 bits per heavy atom. The highest BCUT2D eigenvalue weighted by Crippen LogP contribution is 2.18. The summed E-state index contributed by atoms with van der Waals surface area (Å²) in [6, 6.07) is 3.16. The van der Waals surface area contributed by atoms with Gasteiger partial charge in [0.25, 0.3) is 5.91 Å². The Morgan fingerprint density at radius 1 is 1.44 bits per heavy atom. The second-order valence-corrected chi connectivity index (χ2v) is 5.91. The Bertz CT molecular complexity index is 487. The molecule has 6 nitrogen and oxygen atoms in total. The fraction of sp³-hybridized carbons (Fsp3) is 0.400. The van der Waals surface area contributed by atoms with Gasteiger partial charge >= 0.3 is 0 Å². The van der Waals surface area contributed by atoms with Gasteiger partial charge in [0, 0.05) is 35.4 Å². The number of rotatable bonds is 2. The zero-order chi connectivity index (χ0) is 13.1. The van der Waals surface area contributed by atoms with E-state index < -0.39 is 10.8 Å². The molecule has 98 valence electrons. The van der Waals surface area contributed by atoms with Gasteiger partial charge < -0.3 is 10.3 Å². The number of nitrogens with two attached hydrogens (primary N) is 1. The number of hydrazine groups is 1. The third-order valence-corrected chi connectivity index (χ3v) is 4.24. The van der Waals surface area contributed by atoms with Gasteiger partial charge in [-0.3, -0.25) is 9.00 Å². The molecule has 8 heteroatoms. The zero-order valence-corrected chi connectivity index (χ0v) is 11.1. The maximum absolute atomic E-state index is 12.2. The number of halogens is 1. The molecule has 1 aromatic rings. The summed E-state index contributed by atoms with van der Waals surface area (Å²) < 4.78 is 11.2. The highest BCUT2D eigenvalue weighted by molar-refractivity contribution is 7.85. The number of amides is 1. The number of nitrogens with zero attached hydrogens (tertiary/aromatic N) is 2. The molecule has 0 unspecified atom stereocenters. The molecule has 0 aliphatic carbocycles. The molecule has 2 rings (SSSR count). The topological polar surface area (TPSA) is 88.3 Å². The minimum absolute atomic E-state index is 0.166. The quantitative estimate of drug-likeness (QED) is 0.600. The van der Waals surface area contributed by atoms with Gasteiger partial charge in [0.1, 0.15) is 11.5 Å². The van der Waals surface area contributed by atoms with Crippen LogP contribution in [0, 0.1) is 0 Å². The normalized spacial score (nSPS) is 16.7. The van der Waals surface area contributed by atoms with Crippen molar-refractivity contribution >= 4 is 34.1 Å². The Balaban J connectivity index is 2.20. The molecule has 2 heterocycles. The smallest absolute Gasteiger partial charge is 0.274 e. The molecule has 0 spiro atoms. The number of pyridine rings is 1. The Labute approximate surface area is 112 Å². The lowest BCUT2D eigenvalue weighted by atomic mass is 10.3. The molecule has 0 bridgehead atoms. The number of hydrogen-bond acceptors (Lipinski definition) is 5. The fourth-order valence-corrected chi connectivity index (χ4v) is 2.90. The van der Waals surface area contributed by atoms with Crippen molar-refractivity contribution < 1.29 is 9.00 Å². The summed E-state index contributed by atoms with van der Waals surface area (Å²) in [6.07, 6.45) is 0. The van der Waals surface area contributed by atoms with E-state index in [0.717, 1.165) is 0 Å². The van der Waals surface area contributed by atoms with Gasteiger partial charge in [-0.15, -0.1) is 0 Å². The van der Waals surface area contributed by atoms with Crippen LogP contribution in [0.25, 0.3) is 0 Å². The average molecular weight is 289 g/mol. The van der Waals surface area contributed by atoms with E-state index in [1.54, 1.807) is 17.0 Å². The standard InChI is InChI=1S/C10H13ClN4O2S/c11-7-1-2-8(14-12)13-9(7)10(16)15-3-5-18(17)6-4-15/h1-2H,3-6,12H2,(H,13,14). The molecule has 1 aliphatic heterocycles. The number of carbonyl (C=O) groups excluding carboxylic acids is 1. The van der Waals surface area contributed by atoms with Gasteiger partial charge in [-0.1, -0.05) is 11.6 Å². The second kappa shape index (κ2) is 5.64. The monoisotopic (exact) mass is 288 g/mol. The second-order valence-electron chi connectivity index (χ2n) is 3.81. The van der Waals surface area contributed by atoms with E-state index in [1.807, 2.05) is 0 Å². The van der Waals surface area contributed by atoms with E-state index in [2.05, 4.69) is 10.4 Å².